The van der Waals surface area contributed by atoms with Crippen LogP contribution in [0.25, 0.3) is 0 Å². The Balaban J connectivity index is 1.93. The fraction of sp³-hybridized carbons (Fsp3) is 0.154. The van der Waals surface area contributed by atoms with Gasteiger partial charge in [0.2, 0.25) is 5.88 Å². The van der Waals surface area contributed by atoms with E-state index in [1.807, 2.05) is 30.3 Å². The molecule has 2 N–H and O–H groups in total. The van der Waals surface area contributed by atoms with Crippen LogP contribution in [0.1, 0.15) is 5.56 Å². The average Bonchev–Trinajstić information content (AvgIpc) is 2.41. The summed E-state index contributed by atoms with van der Waals surface area (Å²) in [5.41, 5.74) is 6.77. The van der Waals surface area contributed by atoms with Gasteiger partial charge in [0.1, 0.15) is 12.4 Å². The van der Waals surface area contributed by atoms with Gasteiger partial charge >= 0.3 is 5.97 Å². The second kappa shape index (κ2) is 5.88. The van der Waals surface area contributed by atoms with Crippen LogP contribution in [0.5, 0.6) is 5.88 Å². The molecule has 92 valence electrons. The number of esters is 1. The third-order valence-corrected chi connectivity index (χ3v) is 2.36. The van der Waals surface area contributed by atoms with Crippen molar-refractivity contribution in [1.82, 2.24) is 9.97 Å². The van der Waals surface area contributed by atoms with Crippen molar-refractivity contribution in [2.45, 2.75) is 12.5 Å². The number of carbonyl (C=O) groups excluding carboxylic acids is 1. The highest BCUT2D eigenvalue weighted by atomic mass is 16.5. The lowest BCUT2D eigenvalue weighted by Crippen LogP contribution is -2.36. The molecule has 2 rings (SSSR count). The normalized spacial score (nSPS) is 11.8. The van der Waals surface area contributed by atoms with Gasteiger partial charge in [0.15, 0.2) is 0 Å². The zero-order valence-corrected chi connectivity index (χ0v) is 9.69. The molecule has 5 nitrogen and oxygen atoms in total. The molecular weight excluding hydrogens is 230 g/mol. The fourth-order valence-electron chi connectivity index (χ4n) is 1.47. The summed E-state index contributed by atoms with van der Waals surface area (Å²) in [4.78, 5) is 19.2. The maximum Gasteiger partial charge on any atom is 0.329 e. The Morgan fingerprint density at radius 1 is 1.28 bits per heavy atom. The lowest BCUT2D eigenvalue weighted by molar-refractivity contribution is -0.136. The number of nitrogens with zero attached hydrogens (tertiary/aromatic N) is 2. The largest absolute Gasteiger partial charge is 0.406 e. The number of nitrogens with two attached hydrogens (primary N) is 1. The molecule has 0 amide bonds. The molecular formula is C13H13N3O2. The minimum Gasteiger partial charge on any atom is -0.406 e. The van der Waals surface area contributed by atoms with Crippen LogP contribution in [0.2, 0.25) is 0 Å². The summed E-state index contributed by atoms with van der Waals surface area (Å²) in [5.74, 6) is -0.295. The van der Waals surface area contributed by atoms with Crippen LogP contribution in [0.3, 0.4) is 0 Å². The number of hydrogen-bond acceptors (Lipinski definition) is 5. The van der Waals surface area contributed by atoms with Crippen LogP contribution in [0.4, 0.5) is 0 Å². The molecule has 0 aliphatic rings. The topological polar surface area (TPSA) is 78.1 Å². The summed E-state index contributed by atoms with van der Waals surface area (Å²) in [5, 5.41) is 0. The lowest BCUT2D eigenvalue weighted by atomic mass is 10.1. The molecule has 1 atom stereocenters. The van der Waals surface area contributed by atoms with Crippen LogP contribution in [0, 0.1) is 0 Å². The Labute approximate surface area is 105 Å². The summed E-state index contributed by atoms with van der Waals surface area (Å²) in [7, 11) is 0. The molecule has 0 unspecified atom stereocenters. The van der Waals surface area contributed by atoms with Crippen molar-refractivity contribution < 1.29 is 9.53 Å². The van der Waals surface area contributed by atoms with Crippen LogP contribution >= 0.6 is 0 Å². The first-order valence-corrected chi connectivity index (χ1v) is 5.53. The van der Waals surface area contributed by atoms with Gasteiger partial charge in [-0.05, 0) is 12.0 Å². The lowest BCUT2D eigenvalue weighted by Gasteiger charge is -2.10. The highest BCUT2D eigenvalue weighted by molar-refractivity contribution is 5.77. The monoisotopic (exact) mass is 243 g/mol. The Bertz CT molecular complexity index is 502. The van der Waals surface area contributed by atoms with Gasteiger partial charge in [-0.1, -0.05) is 30.3 Å². The smallest absolute Gasteiger partial charge is 0.329 e. The van der Waals surface area contributed by atoms with Gasteiger partial charge in [-0.3, -0.25) is 0 Å². The number of benzene rings is 1. The predicted octanol–water partition coefficient (Wildman–Crippen LogP) is 0.952. The third-order valence-electron chi connectivity index (χ3n) is 2.36. The van der Waals surface area contributed by atoms with E-state index in [1.165, 1.54) is 18.6 Å². The first-order valence-electron chi connectivity index (χ1n) is 5.53. The van der Waals surface area contributed by atoms with Crippen molar-refractivity contribution in [2.75, 3.05) is 0 Å². The molecule has 0 aliphatic heterocycles. The van der Waals surface area contributed by atoms with E-state index >= 15 is 0 Å². The van der Waals surface area contributed by atoms with Crippen molar-refractivity contribution in [3.05, 3.63) is 54.5 Å². The zero-order valence-electron chi connectivity index (χ0n) is 9.69. The summed E-state index contributed by atoms with van der Waals surface area (Å²) in [6.45, 7) is 0. The van der Waals surface area contributed by atoms with Gasteiger partial charge in [0.05, 0.1) is 0 Å². The molecule has 0 radical (unpaired) electrons. The second-order valence-electron chi connectivity index (χ2n) is 3.76. The highest BCUT2D eigenvalue weighted by Gasteiger charge is 2.16. The van der Waals surface area contributed by atoms with E-state index in [0.29, 0.717) is 6.42 Å². The molecule has 0 spiro atoms. The van der Waals surface area contributed by atoms with Gasteiger partial charge in [-0.25, -0.2) is 14.8 Å². The molecule has 0 fully saturated rings. The van der Waals surface area contributed by atoms with Crippen LogP contribution in [0.15, 0.2) is 48.9 Å². The standard InChI is InChI=1S/C13H13N3O2/c14-11(8-10-4-2-1-3-5-10)13(17)18-12-6-7-15-9-16-12/h1-7,9,11H,8,14H2/t11-/m0/s1. The minimum atomic E-state index is -0.706. The Kier molecular flexibility index (Phi) is 3.98. The van der Waals surface area contributed by atoms with Gasteiger partial charge in [0.25, 0.3) is 0 Å². The van der Waals surface area contributed by atoms with Gasteiger partial charge in [-0.2, -0.15) is 0 Å². The van der Waals surface area contributed by atoms with Gasteiger partial charge in [0, 0.05) is 12.3 Å². The van der Waals surface area contributed by atoms with Gasteiger partial charge in [-0.15, -0.1) is 0 Å². The van der Waals surface area contributed by atoms with Crippen molar-refractivity contribution in [1.29, 1.82) is 0 Å². The first kappa shape index (κ1) is 12.2. The van der Waals surface area contributed by atoms with Crippen LogP contribution in [-0.2, 0) is 11.2 Å². The number of ether oxygens (including phenoxy) is 1. The van der Waals surface area contributed by atoms with Gasteiger partial charge < -0.3 is 10.5 Å². The number of rotatable bonds is 4. The summed E-state index contributed by atoms with van der Waals surface area (Å²) in [6.07, 6.45) is 3.24. The van der Waals surface area contributed by atoms with E-state index in [4.69, 9.17) is 10.5 Å². The van der Waals surface area contributed by atoms with E-state index in [0.717, 1.165) is 5.56 Å². The highest BCUT2D eigenvalue weighted by Crippen LogP contribution is 2.06. The maximum atomic E-state index is 11.7. The summed E-state index contributed by atoms with van der Waals surface area (Å²) in [6, 6.07) is 10.3. The predicted molar refractivity (Wildman–Crippen MR) is 65.8 cm³/mol. The Hall–Kier alpha value is -2.27. The SMILES string of the molecule is N[C@@H](Cc1ccccc1)C(=O)Oc1ccncn1. The van der Waals surface area contributed by atoms with Crippen LogP contribution < -0.4 is 10.5 Å². The quantitative estimate of drug-likeness (QED) is 0.809. The van der Waals surface area contributed by atoms with Crippen molar-refractivity contribution in [3.63, 3.8) is 0 Å². The molecule has 1 heterocycles. The Morgan fingerprint density at radius 2 is 2.06 bits per heavy atom. The van der Waals surface area contributed by atoms with E-state index in [9.17, 15) is 4.79 Å². The van der Waals surface area contributed by atoms with Crippen molar-refractivity contribution >= 4 is 5.97 Å². The van der Waals surface area contributed by atoms with E-state index in [-0.39, 0.29) is 5.88 Å². The van der Waals surface area contributed by atoms with Crippen molar-refractivity contribution in [2.24, 2.45) is 5.73 Å². The van der Waals surface area contributed by atoms with E-state index in [1.54, 1.807) is 0 Å². The molecule has 0 saturated heterocycles. The fourth-order valence-corrected chi connectivity index (χ4v) is 1.47. The minimum absolute atomic E-state index is 0.207. The molecule has 18 heavy (non-hydrogen) atoms. The summed E-state index contributed by atoms with van der Waals surface area (Å²) >= 11 is 0. The Morgan fingerprint density at radius 3 is 2.72 bits per heavy atom. The molecule has 0 aliphatic carbocycles. The van der Waals surface area contributed by atoms with Crippen molar-refractivity contribution in [3.8, 4) is 5.88 Å². The maximum absolute atomic E-state index is 11.7. The van der Waals surface area contributed by atoms with E-state index < -0.39 is 12.0 Å². The molecule has 2 aromatic rings. The second-order valence-corrected chi connectivity index (χ2v) is 3.76. The number of carbonyl (C=O) groups is 1. The number of hydrogen-bond donors (Lipinski definition) is 1. The molecule has 1 aromatic heterocycles. The molecule has 1 aromatic carbocycles. The van der Waals surface area contributed by atoms with Crippen LogP contribution in [-0.4, -0.2) is 22.0 Å². The molecule has 0 bridgehead atoms. The average molecular weight is 243 g/mol. The number of aromatic nitrogens is 2. The molecule has 5 heteroatoms. The van der Waals surface area contributed by atoms with E-state index in [2.05, 4.69) is 9.97 Å². The molecule has 0 saturated carbocycles. The first-order chi connectivity index (χ1) is 8.75. The summed E-state index contributed by atoms with van der Waals surface area (Å²) < 4.78 is 5.03. The zero-order chi connectivity index (χ0) is 12.8. The third kappa shape index (κ3) is 3.36.